The van der Waals surface area contributed by atoms with E-state index in [0.29, 0.717) is 42.6 Å². The van der Waals surface area contributed by atoms with E-state index in [1.165, 1.54) is 31.3 Å². The lowest BCUT2D eigenvalue weighted by Gasteiger charge is -2.73. The van der Waals surface area contributed by atoms with Gasteiger partial charge in [0.25, 0.3) is 0 Å². The minimum Gasteiger partial charge on any atom is -0.497 e. The summed E-state index contributed by atoms with van der Waals surface area (Å²) in [4.78, 5) is 38.5. The molecule has 2 N–H and O–H groups in total. The summed E-state index contributed by atoms with van der Waals surface area (Å²) in [6, 6.07) is 7.96. The molecule has 0 aromatic heterocycles. The van der Waals surface area contributed by atoms with Crippen molar-refractivity contribution >= 4 is 17.8 Å². The highest BCUT2D eigenvalue weighted by atomic mass is 16.5. The van der Waals surface area contributed by atoms with Crippen LogP contribution in [0.5, 0.6) is 5.75 Å². The molecule has 1 amide bonds. The van der Waals surface area contributed by atoms with Crippen molar-refractivity contribution in [3.63, 3.8) is 0 Å². The van der Waals surface area contributed by atoms with E-state index in [9.17, 15) is 19.5 Å². The van der Waals surface area contributed by atoms with Crippen LogP contribution in [-0.4, -0.2) is 36.2 Å². The highest BCUT2D eigenvalue weighted by Gasteiger charge is 2.71. The first-order chi connectivity index (χ1) is 24.7. The number of nitrogens with one attached hydrogen (secondary N) is 1. The summed E-state index contributed by atoms with van der Waals surface area (Å²) >= 11 is 0. The zero-order valence-electron chi connectivity index (χ0n) is 34.4. The third-order valence-electron chi connectivity index (χ3n) is 16.8. The molecule has 5 fully saturated rings. The summed E-state index contributed by atoms with van der Waals surface area (Å²) < 4.78 is 11.7. The predicted molar refractivity (Wildman–Crippen MR) is 209 cm³/mol. The van der Waals surface area contributed by atoms with E-state index < -0.39 is 11.4 Å². The zero-order valence-corrected chi connectivity index (χ0v) is 34.4. The van der Waals surface area contributed by atoms with Gasteiger partial charge in [0, 0.05) is 18.4 Å². The summed E-state index contributed by atoms with van der Waals surface area (Å²) in [7, 11) is 1.67. The van der Waals surface area contributed by atoms with E-state index in [0.717, 1.165) is 49.8 Å². The molecule has 0 radical (unpaired) electrons. The number of carbonyl (C=O) groups is 3. The maximum Gasteiger partial charge on any atom is 0.306 e. The van der Waals surface area contributed by atoms with Crippen molar-refractivity contribution in [2.24, 2.45) is 62.1 Å². The van der Waals surface area contributed by atoms with Gasteiger partial charge in [-0.1, -0.05) is 72.8 Å². The molecule has 10 atom stereocenters. The third-order valence-corrected chi connectivity index (χ3v) is 16.8. The van der Waals surface area contributed by atoms with Gasteiger partial charge in [-0.3, -0.25) is 14.4 Å². The quantitative estimate of drug-likeness (QED) is 0.174. The summed E-state index contributed by atoms with van der Waals surface area (Å²) in [5.41, 5.74) is 2.06. The van der Waals surface area contributed by atoms with Crippen molar-refractivity contribution in [3.05, 3.63) is 42.0 Å². The molecule has 0 heterocycles. The molecule has 294 valence electrons. The molecule has 1 aromatic rings. The summed E-state index contributed by atoms with van der Waals surface area (Å²) in [5.74, 6) is 2.35. The number of aliphatic carboxylic acids is 1. The lowest BCUT2D eigenvalue weighted by molar-refractivity contribution is -0.250. The standard InChI is InChI=1S/C46H69NO6/c1-29(2)32-16-21-46(25-37(48)47-28-30-12-11-13-31(24-30)52-10)23-22-44(8)33(40(32)46)14-15-35-43(7)19-18-36(42(5,6)34(43)17-20-45(35,44)9)53-39(51)27-41(3,4)26-38(49)50/h11-13,24,32-36,40H,1,14-23,25-28H2,2-10H3,(H,47,48)(H,49,50)/t32?,33-,34?,35?,36+,40?,43+,44-,45-,46-/m1/s1. The van der Waals surface area contributed by atoms with E-state index in [4.69, 9.17) is 9.47 Å². The number of hydrogen-bond acceptors (Lipinski definition) is 5. The second-order valence-corrected chi connectivity index (χ2v) is 20.6. The van der Waals surface area contributed by atoms with Gasteiger partial charge in [-0.25, -0.2) is 0 Å². The van der Waals surface area contributed by atoms with Gasteiger partial charge < -0.3 is 19.9 Å². The van der Waals surface area contributed by atoms with Crippen LogP contribution in [0.2, 0.25) is 0 Å². The van der Waals surface area contributed by atoms with Crippen molar-refractivity contribution in [1.82, 2.24) is 5.32 Å². The van der Waals surface area contributed by atoms with E-state index >= 15 is 0 Å². The van der Waals surface area contributed by atoms with E-state index in [-0.39, 0.29) is 57.9 Å². The van der Waals surface area contributed by atoms with Crippen LogP contribution in [0.4, 0.5) is 0 Å². The van der Waals surface area contributed by atoms with E-state index in [2.05, 4.69) is 53.4 Å². The molecular formula is C46H69NO6. The molecule has 7 heteroatoms. The Morgan fingerprint density at radius 1 is 0.906 bits per heavy atom. The fourth-order valence-corrected chi connectivity index (χ4v) is 14.2. The average Bonchev–Trinajstić information content (AvgIpc) is 3.44. The van der Waals surface area contributed by atoms with Crippen LogP contribution < -0.4 is 10.1 Å². The van der Waals surface area contributed by atoms with Gasteiger partial charge in [0.15, 0.2) is 0 Å². The number of benzene rings is 1. The molecule has 5 aliphatic rings. The SMILES string of the molecule is C=C(C)C1CC[C@]2(CC(=O)NCc3cccc(OC)c3)CC[C@]3(C)[C@H](CCC4[C@@]5(C)CC[C@H](OC(=O)CC(C)(C)CC(=O)O)C(C)(C)C5CC[C@]43C)C12. The van der Waals surface area contributed by atoms with Crippen LogP contribution in [0.25, 0.3) is 0 Å². The van der Waals surface area contributed by atoms with Gasteiger partial charge >= 0.3 is 11.9 Å². The molecule has 0 bridgehead atoms. The molecule has 0 aliphatic heterocycles. The Morgan fingerprint density at radius 2 is 1.64 bits per heavy atom. The number of amides is 1. The van der Waals surface area contributed by atoms with Gasteiger partial charge in [0.1, 0.15) is 11.9 Å². The Bertz CT molecular complexity index is 1600. The van der Waals surface area contributed by atoms with Crippen LogP contribution in [0.1, 0.15) is 144 Å². The maximum atomic E-state index is 13.8. The van der Waals surface area contributed by atoms with Crippen molar-refractivity contribution < 1.29 is 29.0 Å². The maximum absolute atomic E-state index is 13.8. The first-order valence-electron chi connectivity index (χ1n) is 20.7. The molecule has 53 heavy (non-hydrogen) atoms. The van der Waals surface area contributed by atoms with Crippen LogP contribution in [0.15, 0.2) is 36.4 Å². The molecule has 1 aromatic carbocycles. The van der Waals surface area contributed by atoms with Crippen LogP contribution in [0.3, 0.4) is 0 Å². The summed E-state index contributed by atoms with van der Waals surface area (Å²) in [6.07, 6.45) is 11.6. The molecule has 0 spiro atoms. The molecule has 5 aliphatic carbocycles. The molecule has 5 saturated carbocycles. The number of methoxy groups -OCH3 is 1. The van der Waals surface area contributed by atoms with Gasteiger partial charge in [-0.05, 0) is 145 Å². The molecule has 4 unspecified atom stereocenters. The van der Waals surface area contributed by atoms with Crippen LogP contribution in [0, 0.1) is 62.1 Å². The van der Waals surface area contributed by atoms with Crippen molar-refractivity contribution in [3.8, 4) is 5.75 Å². The Morgan fingerprint density at radius 3 is 2.32 bits per heavy atom. The third kappa shape index (κ3) is 6.87. The Hall–Kier alpha value is -2.83. The lowest BCUT2D eigenvalue weighted by atomic mass is 9.32. The predicted octanol–water partition coefficient (Wildman–Crippen LogP) is 10.2. The van der Waals surface area contributed by atoms with Gasteiger partial charge in [-0.2, -0.15) is 0 Å². The highest BCUT2D eigenvalue weighted by Crippen LogP contribution is 2.78. The normalized spacial score (nSPS) is 38.7. The number of ether oxygens (including phenoxy) is 2. The lowest BCUT2D eigenvalue weighted by Crippen LogP contribution is -2.67. The number of rotatable bonds is 11. The van der Waals surface area contributed by atoms with E-state index in [1.54, 1.807) is 7.11 Å². The number of fused-ring (bicyclic) bond motifs is 7. The topological polar surface area (TPSA) is 102 Å². The Balaban J connectivity index is 1.20. The Labute approximate surface area is 319 Å². The first kappa shape index (κ1) is 39.9. The number of carboxylic acid groups (broad SMARTS) is 1. The molecule has 0 saturated heterocycles. The smallest absolute Gasteiger partial charge is 0.306 e. The van der Waals surface area contributed by atoms with Gasteiger partial charge in [0.05, 0.1) is 20.0 Å². The second kappa shape index (κ2) is 14.0. The number of allylic oxidation sites excluding steroid dienone is 1. The number of hydrogen-bond donors (Lipinski definition) is 2. The number of carbonyl (C=O) groups excluding carboxylic acids is 2. The van der Waals surface area contributed by atoms with Crippen LogP contribution in [-0.2, 0) is 25.7 Å². The summed E-state index contributed by atoms with van der Waals surface area (Å²) in [6.45, 7) is 23.5. The minimum atomic E-state index is -0.886. The first-order valence-corrected chi connectivity index (χ1v) is 20.7. The largest absolute Gasteiger partial charge is 0.497 e. The van der Waals surface area contributed by atoms with Crippen molar-refractivity contribution in [2.75, 3.05) is 7.11 Å². The van der Waals surface area contributed by atoms with Crippen molar-refractivity contribution in [1.29, 1.82) is 0 Å². The van der Waals surface area contributed by atoms with Crippen LogP contribution >= 0.6 is 0 Å². The van der Waals surface area contributed by atoms with Gasteiger partial charge in [-0.15, -0.1) is 0 Å². The van der Waals surface area contributed by atoms with E-state index in [1.807, 2.05) is 38.1 Å². The van der Waals surface area contributed by atoms with Gasteiger partial charge in [0.2, 0.25) is 5.91 Å². The monoisotopic (exact) mass is 732 g/mol. The second-order valence-electron chi connectivity index (χ2n) is 20.6. The molecular weight excluding hydrogens is 663 g/mol. The number of carboxylic acids is 1. The minimum absolute atomic E-state index is 0.0134. The fraction of sp³-hybridized carbons (Fsp3) is 0.761. The number of esters is 1. The molecule has 6 rings (SSSR count). The average molecular weight is 732 g/mol. The Kier molecular flexibility index (Phi) is 10.6. The van der Waals surface area contributed by atoms with Crippen molar-refractivity contribution in [2.45, 2.75) is 152 Å². The molecule has 7 nitrogen and oxygen atoms in total. The highest BCUT2D eigenvalue weighted by molar-refractivity contribution is 5.77. The summed E-state index contributed by atoms with van der Waals surface area (Å²) in [5, 5.41) is 12.6. The fourth-order valence-electron chi connectivity index (χ4n) is 14.2. The zero-order chi connectivity index (χ0) is 38.8.